The van der Waals surface area contributed by atoms with Gasteiger partial charge in [0.1, 0.15) is 5.82 Å². The highest BCUT2D eigenvalue weighted by Gasteiger charge is 2.29. The molecular weight excluding hydrogens is 400 g/mol. The number of urea groups is 1. The third-order valence-electron chi connectivity index (χ3n) is 5.25. The molecule has 1 saturated heterocycles. The van der Waals surface area contributed by atoms with Crippen LogP contribution in [0.25, 0.3) is 11.0 Å². The van der Waals surface area contributed by atoms with Gasteiger partial charge in [-0.25, -0.2) is 14.8 Å². The van der Waals surface area contributed by atoms with Gasteiger partial charge in [0, 0.05) is 31.9 Å². The summed E-state index contributed by atoms with van der Waals surface area (Å²) in [6.45, 7) is 12.1. The van der Waals surface area contributed by atoms with Gasteiger partial charge in [0.05, 0.1) is 16.1 Å². The number of hydrogen-bond acceptors (Lipinski definition) is 4. The zero-order chi connectivity index (χ0) is 21.8. The minimum absolute atomic E-state index is 0.0145. The molecular formula is C22H29ClN6O. The SMILES string of the molecule is CC.Cc1cc2nc(NC(=O)N3CCN(c4ncccc4Cl)CC3C)[nH]c2cc1C. The van der Waals surface area contributed by atoms with Gasteiger partial charge in [0.15, 0.2) is 0 Å². The number of nitrogens with one attached hydrogen (secondary N) is 2. The predicted octanol–water partition coefficient (Wildman–Crippen LogP) is 5.00. The van der Waals surface area contributed by atoms with Gasteiger partial charge in [-0.2, -0.15) is 0 Å². The number of imidazole rings is 1. The summed E-state index contributed by atoms with van der Waals surface area (Å²) in [4.78, 5) is 28.8. The number of amides is 2. The van der Waals surface area contributed by atoms with Gasteiger partial charge in [-0.1, -0.05) is 25.4 Å². The third kappa shape index (κ3) is 4.51. The summed E-state index contributed by atoms with van der Waals surface area (Å²) in [5.74, 6) is 1.23. The third-order valence-corrected chi connectivity index (χ3v) is 5.54. The number of halogens is 1. The van der Waals surface area contributed by atoms with E-state index in [4.69, 9.17) is 11.6 Å². The molecule has 0 spiro atoms. The van der Waals surface area contributed by atoms with Crippen molar-refractivity contribution in [2.45, 2.75) is 40.7 Å². The largest absolute Gasteiger partial charge is 0.352 e. The van der Waals surface area contributed by atoms with E-state index in [1.165, 1.54) is 11.1 Å². The second kappa shape index (κ2) is 9.34. The lowest BCUT2D eigenvalue weighted by atomic mass is 10.1. The molecule has 1 unspecified atom stereocenters. The molecule has 1 atom stereocenters. The highest BCUT2D eigenvalue weighted by molar-refractivity contribution is 6.32. The Balaban J connectivity index is 0.00000124. The number of carbonyl (C=O) groups excluding carboxylic acids is 1. The van der Waals surface area contributed by atoms with Crippen LogP contribution in [-0.2, 0) is 0 Å². The van der Waals surface area contributed by atoms with Crippen molar-refractivity contribution in [2.75, 3.05) is 29.9 Å². The van der Waals surface area contributed by atoms with E-state index in [0.717, 1.165) is 16.9 Å². The topological polar surface area (TPSA) is 77.2 Å². The number of pyridine rings is 1. The van der Waals surface area contributed by atoms with E-state index in [2.05, 4.69) is 39.0 Å². The number of anilines is 2. The second-order valence-electron chi connectivity index (χ2n) is 7.27. The number of aromatic nitrogens is 3. The smallest absolute Gasteiger partial charge is 0.324 e. The number of rotatable bonds is 2. The van der Waals surface area contributed by atoms with Crippen LogP contribution < -0.4 is 10.2 Å². The lowest BCUT2D eigenvalue weighted by molar-refractivity contribution is 0.184. The van der Waals surface area contributed by atoms with Crippen LogP contribution in [0.2, 0.25) is 5.02 Å². The molecule has 3 aromatic rings. The number of hydrogen-bond donors (Lipinski definition) is 2. The van der Waals surface area contributed by atoms with Gasteiger partial charge in [0.25, 0.3) is 0 Å². The standard InChI is InChI=1S/C20H23ClN6O.C2H6/c1-12-9-16-17(10-13(12)2)24-19(23-16)25-20(28)27-8-7-26(11-14(27)3)18-15(21)5-4-6-22-18;1-2/h4-6,9-10,14H,7-8,11H2,1-3H3,(H2,23,24,25,28);1-2H3. The summed E-state index contributed by atoms with van der Waals surface area (Å²) in [7, 11) is 0. The minimum atomic E-state index is -0.160. The number of fused-ring (bicyclic) bond motifs is 1. The van der Waals surface area contributed by atoms with Crippen molar-refractivity contribution in [2.24, 2.45) is 0 Å². The first-order valence-corrected chi connectivity index (χ1v) is 10.7. The molecule has 2 amide bonds. The number of nitrogens with zero attached hydrogens (tertiary/aromatic N) is 4. The van der Waals surface area contributed by atoms with E-state index in [1.54, 1.807) is 6.20 Å². The monoisotopic (exact) mass is 428 g/mol. The Kier molecular flexibility index (Phi) is 6.82. The maximum Gasteiger partial charge on any atom is 0.324 e. The Hall–Kier alpha value is -2.80. The molecule has 1 aliphatic rings. The van der Waals surface area contributed by atoms with Gasteiger partial charge < -0.3 is 14.8 Å². The van der Waals surface area contributed by atoms with Gasteiger partial charge in [-0.3, -0.25) is 5.32 Å². The van der Waals surface area contributed by atoms with E-state index >= 15 is 0 Å². The first kappa shape index (κ1) is 21.9. The van der Waals surface area contributed by atoms with Crippen LogP contribution in [0, 0.1) is 13.8 Å². The number of carbonyl (C=O) groups is 1. The summed E-state index contributed by atoms with van der Waals surface area (Å²) < 4.78 is 0. The van der Waals surface area contributed by atoms with Crippen molar-refractivity contribution < 1.29 is 4.79 Å². The highest BCUT2D eigenvalue weighted by Crippen LogP contribution is 2.25. The molecule has 0 aliphatic carbocycles. The fourth-order valence-corrected chi connectivity index (χ4v) is 3.80. The molecule has 7 nitrogen and oxygen atoms in total. The van der Waals surface area contributed by atoms with E-state index < -0.39 is 0 Å². The van der Waals surface area contributed by atoms with Crippen molar-refractivity contribution in [3.63, 3.8) is 0 Å². The number of aryl methyl sites for hydroxylation is 2. The molecule has 4 rings (SSSR count). The summed E-state index contributed by atoms with van der Waals surface area (Å²) in [5, 5.41) is 3.52. The Morgan fingerprint density at radius 2 is 1.97 bits per heavy atom. The van der Waals surface area contributed by atoms with Crippen molar-refractivity contribution >= 4 is 40.4 Å². The maximum absolute atomic E-state index is 12.8. The van der Waals surface area contributed by atoms with E-state index in [0.29, 0.717) is 30.6 Å². The lowest BCUT2D eigenvalue weighted by Gasteiger charge is -2.40. The van der Waals surface area contributed by atoms with Crippen LogP contribution in [0.3, 0.4) is 0 Å². The first-order valence-electron chi connectivity index (χ1n) is 10.3. The van der Waals surface area contributed by atoms with Crippen LogP contribution in [0.1, 0.15) is 31.9 Å². The molecule has 2 N–H and O–H groups in total. The quantitative estimate of drug-likeness (QED) is 0.602. The number of H-pyrrole nitrogens is 1. The van der Waals surface area contributed by atoms with Gasteiger partial charge in [-0.05, 0) is 56.2 Å². The zero-order valence-electron chi connectivity index (χ0n) is 18.2. The van der Waals surface area contributed by atoms with E-state index in [-0.39, 0.29) is 12.1 Å². The Morgan fingerprint density at radius 3 is 2.67 bits per heavy atom. The molecule has 160 valence electrons. The number of aromatic amines is 1. The van der Waals surface area contributed by atoms with Crippen molar-refractivity contribution in [3.8, 4) is 0 Å². The Morgan fingerprint density at radius 1 is 1.23 bits per heavy atom. The zero-order valence-corrected chi connectivity index (χ0v) is 18.9. The average molecular weight is 429 g/mol. The average Bonchev–Trinajstić information content (AvgIpc) is 3.10. The lowest BCUT2D eigenvalue weighted by Crippen LogP contribution is -2.55. The molecule has 0 radical (unpaired) electrons. The number of piperazine rings is 1. The minimum Gasteiger partial charge on any atom is -0.352 e. The Bertz CT molecular complexity index is 995. The predicted molar refractivity (Wildman–Crippen MR) is 124 cm³/mol. The molecule has 0 saturated carbocycles. The van der Waals surface area contributed by atoms with Crippen LogP contribution in [-0.4, -0.2) is 51.6 Å². The highest BCUT2D eigenvalue weighted by atomic mass is 35.5. The Labute approximate surface area is 182 Å². The fourth-order valence-electron chi connectivity index (χ4n) is 3.56. The van der Waals surface area contributed by atoms with Crippen molar-refractivity contribution in [1.29, 1.82) is 0 Å². The fraction of sp³-hybridized carbons (Fsp3) is 0.409. The molecule has 30 heavy (non-hydrogen) atoms. The van der Waals surface area contributed by atoms with Crippen molar-refractivity contribution in [3.05, 3.63) is 46.6 Å². The summed E-state index contributed by atoms with van der Waals surface area (Å²) >= 11 is 6.26. The number of benzene rings is 1. The van der Waals surface area contributed by atoms with E-state index in [1.807, 2.05) is 49.9 Å². The first-order chi connectivity index (χ1) is 14.4. The summed E-state index contributed by atoms with van der Waals surface area (Å²) in [6.07, 6.45) is 1.73. The van der Waals surface area contributed by atoms with Crippen LogP contribution in [0.15, 0.2) is 30.5 Å². The molecule has 1 aliphatic heterocycles. The maximum atomic E-state index is 12.8. The van der Waals surface area contributed by atoms with Crippen molar-refractivity contribution in [1.82, 2.24) is 19.9 Å². The summed E-state index contributed by atoms with van der Waals surface area (Å²) in [5.41, 5.74) is 4.13. The van der Waals surface area contributed by atoms with Crippen LogP contribution in [0.4, 0.5) is 16.6 Å². The second-order valence-corrected chi connectivity index (χ2v) is 7.67. The molecule has 8 heteroatoms. The molecule has 1 aromatic carbocycles. The van der Waals surface area contributed by atoms with E-state index in [9.17, 15) is 4.79 Å². The van der Waals surface area contributed by atoms with Gasteiger partial charge >= 0.3 is 6.03 Å². The van der Waals surface area contributed by atoms with Gasteiger partial charge in [0.2, 0.25) is 5.95 Å². The molecule has 1 fully saturated rings. The normalized spacial score (nSPS) is 16.3. The van der Waals surface area contributed by atoms with Crippen LogP contribution >= 0.6 is 11.6 Å². The molecule has 3 heterocycles. The molecule has 2 aromatic heterocycles. The van der Waals surface area contributed by atoms with Crippen LogP contribution in [0.5, 0.6) is 0 Å². The summed E-state index contributed by atoms with van der Waals surface area (Å²) in [6, 6.07) is 7.57. The molecule has 0 bridgehead atoms. The van der Waals surface area contributed by atoms with Gasteiger partial charge in [-0.15, -0.1) is 0 Å².